The average molecular weight is 248 g/mol. The minimum atomic E-state index is -0.128. The fourth-order valence-corrected chi connectivity index (χ4v) is 2.38. The smallest absolute Gasteiger partial charge is 0.0617 e. The van der Waals surface area contributed by atoms with Gasteiger partial charge in [-0.1, -0.05) is 80.5 Å². The minimum Gasteiger partial charge on any atom is -0.0617 e. The molecule has 0 amide bonds. The average Bonchev–Trinajstić information content (AvgIpc) is 2.15. The van der Waals surface area contributed by atoms with Crippen LogP contribution >= 0.6 is 0 Å². The monoisotopic (exact) mass is 248 g/mol. The molecule has 0 aliphatic carbocycles. The van der Waals surface area contributed by atoms with Gasteiger partial charge in [-0.25, -0.2) is 0 Å². The SMILES string of the molecule is [2H]c1cc(C(C)(C)C)c(C(C)(C)C)c(C(C)(C)C)c1[2H]. The lowest BCUT2D eigenvalue weighted by Gasteiger charge is -2.36. The lowest BCUT2D eigenvalue weighted by atomic mass is 9.69. The van der Waals surface area contributed by atoms with Crippen LogP contribution in [0.4, 0.5) is 0 Å². The molecule has 1 aromatic rings. The predicted molar refractivity (Wildman–Crippen MR) is 82.5 cm³/mol. The van der Waals surface area contributed by atoms with E-state index in [1.54, 1.807) is 0 Å². The summed E-state index contributed by atoms with van der Waals surface area (Å²) < 4.78 is 16.6. The molecule has 0 N–H and O–H groups in total. The topological polar surface area (TPSA) is 0 Å². The van der Waals surface area contributed by atoms with Gasteiger partial charge in [-0.15, -0.1) is 0 Å². The van der Waals surface area contributed by atoms with Crippen molar-refractivity contribution < 1.29 is 2.74 Å². The van der Waals surface area contributed by atoms with Crippen molar-refractivity contribution >= 4 is 0 Å². The van der Waals surface area contributed by atoms with E-state index in [9.17, 15) is 0 Å². The molecular formula is C18H30. The first kappa shape index (κ1) is 12.3. The molecule has 0 atom stereocenters. The first-order valence-electron chi connectivity index (χ1n) is 7.83. The van der Waals surface area contributed by atoms with E-state index in [0.29, 0.717) is 12.1 Å². The van der Waals surface area contributed by atoms with Gasteiger partial charge in [0.2, 0.25) is 0 Å². The number of hydrogen-bond donors (Lipinski definition) is 0. The van der Waals surface area contributed by atoms with Crippen LogP contribution in [0.2, 0.25) is 0 Å². The summed E-state index contributed by atoms with van der Waals surface area (Å²) in [5.74, 6) is 0. The Bertz CT molecular complexity index is 506. The third kappa shape index (κ3) is 3.16. The molecule has 0 unspecified atom stereocenters. The highest BCUT2D eigenvalue weighted by molar-refractivity contribution is 5.46. The van der Waals surface area contributed by atoms with Gasteiger partial charge < -0.3 is 0 Å². The lowest BCUT2D eigenvalue weighted by Crippen LogP contribution is -2.27. The zero-order valence-electron chi connectivity index (χ0n) is 15.6. The maximum atomic E-state index is 8.39. The Morgan fingerprint density at radius 1 is 0.722 bits per heavy atom. The van der Waals surface area contributed by atoms with Crippen LogP contribution < -0.4 is 0 Å². The number of benzene rings is 1. The summed E-state index contributed by atoms with van der Waals surface area (Å²) in [6.45, 7) is 19.6. The van der Waals surface area contributed by atoms with Crippen LogP contribution in [0.3, 0.4) is 0 Å². The molecule has 0 aromatic heterocycles. The van der Waals surface area contributed by atoms with Crippen molar-refractivity contribution in [3.05, 3.63) is 34.8 Å². The molecule has 0 radical (unpaired) electrons. The Balaban J connectivity index is 3.96. The van der Waals surface area contributed by atoms with E-state index in [2.05, 4.69) is 62.3 Å². The Hall–Kier alpha value is -0.780. The van der Waals surface area contributed by atoms with Crippen molar-refractivity contribution in [2.45, 2.75) is 78.6 Å². The van der Waals surface area contributed by atoms with Crippen molar-refractivity contribution in [2.24, 2.45) is 0 Å². The van der Waals surface area contributed by atoms with Crippen LogP contribution in [0.5, 0.6) is 0 Å². The molecule has 0 spiro atoms. The lowest BCUT2D eigenvalue weighted by molar-refractivity contribution is 0.498. The van der Waals surface area contributed by atoms with Crippen molar-refractivity contribution in [3.63, 3.8) is 0 Å². The first-order valence-corrected chi connectivity index (χ1v) is 6.83. The molecule has 0 saturated heterocycles. The van der Waals surface area contributed by atoms with Gasteiger partial charge in [-0.2, -0.15) is 0 Å². The van der Waals surface area contributed by atoms with Gasteiger partial charge in [-0.3, -0.25) is 0 Å². The van der Waals surface area contributed by atoms with Gasteiger partial charge in [0.05, 0.1) is 2.74 Å². The van der Waals surface area contributed by atoms with E-state index in [-0.39, 0.29) is 16.2 Å². The van der Waals surface area contributed by atoms with E-state index in [1.807, 2.05) is 6.07 Å². The summed E-state index contributed by atoms with van der Waals surface area (Å²) in [7, 11) is 0. The molecule has 1 aromatic carbocycles. The third-order valence-electron chi connectivity index (χ3n) is 3.24. The second-order valence-corrected chi connectivity index (χ2v) is 8.33. The molecular weight excluding hydrogens is 216 g/mol. The molecule has 0 aliphatic heterocycles. The molecule has 1 rings (SSSR count). The van der Waals surface area contributed by atoms with E-state index in [4.69, 9.17) is 2.74 Å². The Morgan fingerprint density at radius 3 is 1.50 bits per heavy atom. The van der Waals surface area contributed by atoms with Gasteiger partial charge in [0.15, 0.2) is 0 Å². The Labute approximate surface area is 117 Å². The molecule has 0 nitrogen and oxygen atoms in total. The van der Waals surface area contributed by atoms with Crippen LogP contribution in [0.15, 0.2) is 18.2 Å². The van der Waals surface area contributed by atoms with Gasteiger partial charge in [-0.05, 0) is 32.9 Å². The van der Waals surface area contributed by atoms with Gasteiger partial charge in [0.25, 0.3) is 0 Å². The summed E-state index contributed by atoms with van der Waals surface area (Å²) in [6, 6.07) is 2.63. The number of hydrogen-bond acceptors (Lipinski definition) is 0. The van der Waals surface area contributed by atoms with Crippen molar-refractivity contribution in [1.82, 2.24) is 0 Å². The third-order valence-corrected chi connectivity index (χ3v) is 3.24. The van der Waals surface area contributed by atoms with Crippen molar-refractivity contribution in [1.29, 1.82) is 0 Å². The normalized spacial score (nSPS) is 15.4. The summed E-state index contributed by atoms with van der Waals surface area (Å²) in [5, 5.41) is 0. The fraction of sp³-hybridized carbons (Fsp3) is 0.667. The number of rotatable bonds is 0. The van der Waals surface area contributed by atoms with Crippen LogP contribution in [0, 0.1) is 0 Å². The molecule has 0 fully saturated rings. The fourth-order valence-electron chi connectivity index (χ4n) is 2.38. The molecule has 18 heavy (non-hydrogen) atoms. The Kier molecular flexibility index (Phi) is 3.00. The van der Waals surface area contributed by atoms with E-state index >= 15 is 0 Å². The second-order valence-electron chi connectivity index (χ2n) is 8.33. The summed E-state index contributed by atoms with van der Waals surface area (Å²) in [6.07, 6.45) is 0. The van der Waals surface area contributed by atoms with Gasteiger partial charge >= 0.3 is 0 Å². The first-order chi connectivity index (χ1) is 8.67. The Morgan fingerprint density at radius 2 is 1.17 bits per heavy atom. The molecule has 0 heteroatoms. The van der Waals surface area contributed by atoms with Crippen LogP contribution in [0.25, 0.3) is 0 Å². The largest absolute Gasteiger partial charge is 0.0626 e. The summed E-state index contributed by atoms with van der Waals surface area (Å²) in [4.78, 5) is 0. The highest BCUT2D eigenvalue weighted by Gasteiger charge is 2.30. The summed E-state index contributed by atoms with van der Waals surface area (Å²) in [5.41, 5.74) is 3.30. The zero-order chi connectivity index (χ0) is 16.1. The van der Waals surface area contributed by atoms with Crippen molar-refractivity contribution in [3.8, 4) is 0 Å². The highest BCUT2D eigenvalue weighted by atomic mass is 14.3. The predicted octanol–water partition coefficient (Wildman–Crippen LogP) is 5.58. The van der Waals surface area contributed by atoms with E-state index < -0.39 is 0 Å². The zero-order valence-corrected chi connectivity index (χ0v) is 13.6. The van der Waals surface area contributed by atoms with Crippen LogP contribution in [0.1, 0.15) is 81.7 Å². The van der Waals surface area contributed by atoms with E-state index in [0.717, 1.165) is 5.56 Å². The maximum absolute atomic E-state index is 8.39. The molecule has 102 valence electrons. The molecule has 0 heterocycles. The molecule has 0 aliphatic rings. The standard InChI is InChI=1S/C18H30/c1-16(2,3)13-11-10-12-14(17(4,5)6)15(13)18(7,8)9/h10-12H,1-9H3/i10D,11D. The maximum Gasteiger partial charge on any atom is 0.0626 e. The van der Waals surface area contributed by atoms with Crippen LogP contribution in [-0.2, 0) is 16.2 Å². The van der Waals surface area contributed by atoms with E-state index in [1.165, 1.54) is 11.1 Å². The minimum absolute atomic E-state index is 0.0217. The van der Waals surface area contributed by atoms with Gasteiger partial charge in [0, 0.05) is 0 Å². The van der Waals surface area contributed by atoms with Crippen molar-refractivity contribution in [2.75, 3.05) is 0 Å². The molecule has 0 saturated carbocycles. The van der Waals surface area contributed by atoms with Gasteiger partial charge in [0.1, 0.15) is 0 Å². The second kappa shape index (κ2) is 4.40. The van der Waals surface area contributed by atoms with Crippen LogP contribution in [-0.4, -0.2) is 0 Å². The quantitative estimate of drug-likeness (QED) is 0.562. The molecule has 0 bridgehead atoms. The summed E-state index contributed by atoms with van der Waals surface area (Å²) >= 11 is 0. The highest BCUT2D eigenvalue weighted by Crippen LogP contribution is 2.40.